The molecule has 0 amide bonds. The topological polar surface area (TPSA) is 40.0 Å². The number of nitrogens with one attached hydrogen (secondary N) is 1. The summed E-state index contributed by atoms with van der Waals surface area (Å²) in [4.78, 5) is 0. The number of halogens is 3. The van der Waals surface area contributed by atoms with E-state index in [1.165, 1.54) is 24.6 Å². The molecule has 1 aliphatic heterocycles. The molecule has 1 fully saturated rings. The van der Waals surface area contributed by atoms with Crippen molar-refractivity contribution < 1.29 is 4.39 Å². The molecule has 7 heteroatoms. The van der Waals surface area contributed by atoms with Crippen molar-refractivity contribution in [1.29, 1.82) is 0 Å². The average molecular weight is 428 g/mol. The fourth-order valence-corrected chi connectivity index (χ4v) is 4.21. The first-order valence-electron chi connectivity index (χ1n) is 8.80. The van der Waals surface area contributed by atoms with E-state index in [1.807, 2.05) is 11.1 Å². The van der Waals surface area contributed by atoms with Gasteiger partial charge in [-0.1, -0.05) is 39.4 Å². The lowest BCUT2D eigenvalue weighted by atomic mass is 9.98. The molecule has 0 aromatic heterocycles. The molecule has 134 valence electrons. The van der Waals surface area contributed by atoms with Gasteiger partial charge in [-0.2, -0.15) is 0 Å². The second kappa shape index (κ2) is 7.33. The molecule has 0 spiro atoms. The normalized spacial score (nSPS) is 31.8. The second-order valence-corrected chi connectivity index (χ2v) is 8.42. The monoisotopic (exact) mass is 426 g/mol. The van der Waals surface area contributed by atoms with Gasteiger partial charge in [0.15, 0.2) is 0 Å². The Morgan fingerprint density at radius 1 is 1.40 bits per heavy atom. The summed E-state index contributed by atoms with van der Waals surface area (Å²) in [6, 6.07) is 0.0647. The van der Waals surface area contributed by atoms with Crippen LogP contribution in [-0.2, 0) is 0 Å². The van der Waals surface area contributed by atoms with Gasteiger partial charge in [0.25, 0.3) is 0 Å². The Balaban J connectivity index is 1.44. The smallest absolute Gasteiger partial charge is 0.106 e. The maximum atomic E-state index is 14.0. The van der Waals surface area contributed by atoms with Gasteiger partial charge in [0.1, 0.15) is 5.83 Å². The molecule has 4 nitrogen and oxygen atoms in total. The van der Waals surface area contributed by atoms with Gasteiger partial charge < -0.3 is 5.32 Å². The molecule has 1 N–H and O–H groups in total. The van der Waals surface area contributed by atoms with Gasteiger partial charge in [-0.25, -0.2) is 4.39 Å². The summed E-state index contributed by atoms with van der Waals surface area (Å²) in [5, 5.41) is 14.0. The molecule has 0 aromatic carbocycles. The van der Waals surface area contributed by atoms with Crippen molar-refractivity contribution in [3.8, 4) is 0 Å². The number of alkyl halides is 1. The van der Waals surface area contributed by atoms with Gasteiger partial charge in [-0.05, 0) is 31.3 Å². The molecular weight excluding hydrogens is 407 g/mol. The number of nitrogens with zero attached hydrogens (tertiary/aromatic N) is 3. The Bertz CT molecular complexity index is 695. The van der Waals surface area contributed by atoms with E-state index < -0.39 is 0 Å². The third-order valence-corrected chi connectivity index (χ3v) is 6.59. The molecule has 1 saturated carbocycles. The van der Waals surface area contributed by atoms with Gasteiger partial charge in [0.2, 0.25) is 0 Å². The minimum atomic E-state index is -0.333. The molecule has 3 unspecified atom stereocenters. The van der Waals surface area contributed by atoms with E-state index >= 15 is 0 Å². The van der Waals surface area contributed by atoms with Crippen LogP contribution < -0.4 is 5.32 Å². The summed E-state index contributed by atoms with van der Waals surface area (Å²) in [6.07, 6.45) is 11.4. The second-order valence-electron chi connectivity index (χ2n) is 7.07. The highest BCUT2D eigenvalue weighted by atomic mass is 79.9. The van der Waals surface area contributed by atoms with Crippen molar-refractivity contribution in [3.63, 3.8) is 0 Å². The zero-order valence-electron chi connectivity index (χ0n) is 13.8. The predicted molar refractivity (Wildman–Crippen MR) is 101 cm³/mol. The summed E-state index contributed by atoms with van der Waals surface area (Å²) in [5.74, 6) is 0.265. The quantitative estimate of drug-likeness (QED) is 0.629. The van der Waals surface area contributed by atoms with Gasteiger partial charge >= 0.3 is 0 Å². The van der Waals surface area contributed by atoms with Crippen molar-refractivity contribution in [3.05, 3.63) is 46.0 Å². The summed E-state index contributed by atoms with van der Waals surface area (Å²) in [6.45, 7) is 1.46. The number of hydrogen-bond donors (Lipinski definition) is 1. The fourth-order valence-electron chi connectivity index (χ4n) is 3.35. The Hall–Kier alpha value is -0.980. The van der Waals surface area contributed by atoms with E-state index in [-0.39, 0.29) is 23.2 Å². The van der Waals surface area contributed by atoms with E-state index in [1.54, 1.807) is 6.08 Å². The third-order valence-electron chi connectivity index (χ3n) is 5.13. The highest BCUT2D eigenvalue weighted by Crippen LogP contribution is 2.38. The number of fused-ring (bicyclic) bond motifs is 2. The van der Waals surface area contributed by atoms with Crippen LogP contribution in [0.15, 0.2) is 56.3 Å². The standard InChI is InChI=1S/C18H21BrClFN4/c19-18-16(22-9-13-14(20)2-1-3-15(13)21)7-6-12-8-17(18)23-24-25(12)10-11-4-5-11/h1-3,6,11,13-14,16,22H,4-5,7-10H2. The predicted octanol–water partition coefficient (Wildman–Crippen LogP) is 4.97. The Labute approximate surface area is 160 Å². The molecular formula is C18H21BrClFN4. The average Bonchev–Trinajstić information content (AvgIpc) is 3.41. The summed E-state index contributed by atoms with van der Waals surface area (Å²) >= 11 is 9.93. The van der Waals surface area contributed by atoms with Crippen molar-refractivity contribution in [2.24, 2.45) is 22.2 Å². The van der Waals surface area contributed by atoms with Crippen molar-refractivity contribution in [2.45, 2.75) is 37.1 Å². The van der Waals surface area contributed by atoms with Gasteiger partial charge in [0, 0.05) is 41.6 Å². The van der Waals surface area contributed by atoms with Gasteiger partial charge in [-0.3, -0.25) is 5.01 Å². The first-order valence-corrected chi connectivity index (χ1v) is 10.0. The first-order chi connectivity index (χ1) is 12.1. The van der Waals surface area contributed by atoms with Crippen LogP contribution in [0.1, 0.15) is 25.7 Å². The molecule has 0 aromatic rings. The highest BCUT2D eigenvalue weighted by Gasteiger charge is 2.31. The van der Waals surface area contributed by atoms with Crippen LogP contribution in [-0.4, -0.2) is 29.5 Å². The number of hydrogen-bond acceptors (Lipinski definition) is 4. The lowest BCUT2D eigenvalue weighted by Gasteiger charge is -2.25. The molecule has 0 saturated heterocycles. The third kappa shape index (κ3) is 3.91. The Kier molecular flexibility index (Phi) is 5.11. The maximum Gasteiger partial charge on any atom is 0.106 e. The van der Waals surface area contributed by atoms with Crippen molar-refractivity contribution in [2.75, 3.05) is 13.1 Å². The van der Waals surface area contributed by atoms with Crippen LogP contribution in [0.2, 0.25) is 0 Å². The van der Waals surface area contributed by atoms with Crippen molar-refractivity contribution >= 4 is 27.5 Å². The van der Waals surface area contributed by atoms with E-state index in [0.717, 1.165) is 35.5 Å². The maximum absolute atomic E-state index is 14.0. The molecule has 4 aliphatic rings. The van der Waals surface area contributed by atoms with E-state index in [0.29, 0.717) is 6.54 Å². The zero-order chi connectivity index (χ0) is 17.4. The van der Waals surface area contributed by atoms with Crippen LogP contribution >= 0.6 is 27.5 Å². The van der Waals surface area contributed by atoms with E-state index in [4.69, 9.17) is 11.6 Å². The molecule has 3 atom stereocenters. The molecule has 0 radical (unpaired) electrons. The largest absolute Gasteiger partial charge is 0.308 e. The highest BCUT2D eigenvalue weighted by molar-refractivity contribution is 9.11. The minimum Gasteiger partial charge on any atom is -0.308 e. The molecule has 25 heavy (non-hydrogen) atoms. The number of allylic oxidation sites excluding steroid dienone is 3. The minimum absolute atomic E-state index is 0.0647. The molecule has 3 aliphatic carbocycles. The Morgan fingerprint density at radius 2 is 2.24 bits per heavy atom. The molecule has 2 bridgehead atoms. The van der Waals surface area contributed by atoms with E-state index in [2.05, 4.69) is 37.7 Å². The SMILES string of the molecule is FC1=CC=CC(Cl)C1CNC1CC=C2CC(=C1Br)N=NN2CC1CC1. The fraction of sp³-hybridized carbons (Fsp3) is 0.556. The van der Waals surface area contributed by atoms with Gasteiger partial charge in [0.05, 0.1) is 11.1 Å². The lowest BCUT2D eigenvalue weighted by molar-refractivity contribution is 0.302. The van der Waals surface area contributed by atoms with Crippen LogP contribution in [0.5, 0.6) is 0 Å². The van der Waals surface area contributed by atoms with Crippen LogP contribution in [0, 0.1) is 11.8 Å². The number of rotatable bonds is 5. The van der Waals surface area contributed by atoms with Crippen LogP contribution in [0.4, 0.5) is 4.39 Å². The first kappa shape index (κ1) is 17.4. The van der Waals surface area contributed by atoms with Crippen LogP contribution in [0.3, 0.4) is 0 Å². The zero-order valence-corrected chi connectivity index (χ0v) is 16.2. The van der Waals surface area contributed by atoms with Crippen molar-refractivity contribution in [1.82, 2.24) is 10.3 Å². The molecule has 1 heterocycles. The van der Waals surface area contributed by atoms with Gasteiger partial charge in [-0.15, -0.1) is 16.7 Å². The lowest BCUT2D eigenvalue weighted by Crippen LogP contribution is -2.37. The van der Waals surface area contributed by atoms with Crippen LogP contribution in [0.25, 0.3) is 0 Å². The summed E-state index contributed by atoms with van der Waals surface area (Å²) in [7, 11) is 0. The summed E-state index contributed by atoms with van der Waals surface area (Å²) < 4.78 is 15.0. The van der Waals surface area contributed by atoms with E-state index in [9.17, 15) is 4.39 Å². The Morgan fingerprint density at radius 3 is 3.00 bits per heavy atom. The molecule has 4 rings (SSSR count). The summed E-state index contributed by atoms with van der Waals surface area (Å²) in [5.41, 5.74) is 2.18.